The summed E-state index contributed by atoms with van der Waals surface area (Å²) in [6.07, 6.45) is 4.30. The summed E-state index contributed by atoms with van der Waals surface area (Å²) < 4.78 is 0. The lowest BCUT2D eigenvalue weighted by molar-refractivity contribution is 0.0994. The van der Waals surface area contributed by atoms with Crippen molar-refractivity contribution in [1.29, 1.82) is 0 Å². The Labute approximate surface area is 126 Å². The van der Waals surface area contributed by atoms with Gasteiger partial charge in [0.05, 0.1) is 11.2 Å². The predicted octanol–water partition coefficient (Wildman–Crippen LogP) is 4.57. The highest BCUT2D eigenvalue weighted by Crippen LogP contribution is 2.26. The lowest BCUT2D eigenvalue weighted by Crippen LogP contribution is -2.06. The first kappa shape index (κ1) is 13.0. The summed E-state index contributed by atoms with van der Waals surface area (Å²) in [7, 11) is 0. The van der Waals surface area contributed by atoms with Crippen molar-refractivity contribution in [3.63, 3.8) is 0 Å². The molecular weight excluding hydrogens is 314 g/mol. The molecule has 2 nitrogen and oxygen atoms in total. The molecule has 2 aromatic carbocycles. The summed E-state index contributed by atoms with van der Waals surface area (Å²) in [4.78, 5) is 16.5. The standard InChI is InChI=1S/C17H11NO.BrH/c19-17-7-3-6-15-14(17)9-13-8-11-4-1-2-5-12(11)10-16(13)18-15;/h1-6,8-10H,7H2;1H. The molecule has 1 aliphatic rings. The number of rotatable bonds is 0. The van der Waals surface area contributed by atoms with Crippen molar-refractivity contribution in [2.24, 2.45) is 0 Å². The average Bonchev–Trinajstić information content (AvgIpc) is 2.44. The van der Waals surface area contributed by atoms with Gasteiger partial charge in [-0.15, -0.1) is 17.0 Å². The molecule has 1 aliphatic carbocycles. The van der Waals surface area contributed by atoms with E-state index in [0.29, 0.717) is 6.42 Å². The third-order valence-corrected chi connectivity index (χ3v) is 3.59. The van der Waals surface area contributed by atoms with Crippen LogP contribution in [0.1, 0.15) is 22.5 Å². The molecular formula is C17H12BrNO. The Morgan fingerprint density at radius 2 is 1.70 bits per heavy atom. The van der Waals surface area contributed by atoms with E-state index >= 15 is 0 Å². The molecule has 0 amide bonds. The molecule has 4 rings (SSSR count). The quantitative estimate of drug-likeness (QED) is 0.567. The molecule has 20 heavy (non-hydrogen) atoms. The van der Waals surface area contributed by atoms with Crippen molar-refractivity contribution in [2.45, 2.75) is 6.42 Å². The van der Waals surface area contributed by atoms with Crippen LogP contribution in [0.5, 0.6) is 0 Å². The SMILES string of the molecule is Br.O=C1CC=Cc2nc3cc4ccccc4cc3cc21. The van der Waals surface area contributed by atoms with Gasteiger partial charge in [-0.05, 0) is 35.0 Å². The smallest absolute Gasteiger partial charge is 0.168 e. The van der Waals surface area contributed by atoms with Crippen molar-refractivity contribution in [2.75, 3.05) is 0 Å². The molecule has 0 unspecified atom stereocenters. The topological polar surface area (TPSA) is 30.0 Å². The summed E-state index contributed by atoms with van der Waals surface area (Å²) in [6, 6.07) is 14.4. The summed E-state index contributed by atoms with van der Waals surface area (Å²) in [5.41, 5.74) is 2.47. The van der Waals surface area contributed by atoms with Crippen LogP contribution in [-0.4, -0.2) is 10.8 Å². The number of halogens is 1. The Hall–Kier alpha value is -2.00. The highest BCUT2D eigenvalue weighted by molar-refractivity contribution is 8.93. The molecule has 0 radical (unpaired) electrons. The van der Waals surface area contributed by atoms with Crippen molar-refractivity contribution in [3.8, 4) is 0 Å². The zero-order valence-electron chi connectivity index (χ0n) is 10.7. The summed E-state index contributed by atoms with van der Waals surface area (Å²) in [6.45, 7) is 0. The highest BCUT2D eigenvalue weighted by atomic mass is 79.9. The van der Waals surface area contributed by atoms with E-state index < -0.39 is 0 Å². The van der Waals surface area contributed by atoms with E-state index in [2.05, 4.69) is 29.2 Å². The maximum atomic E-state index is 11.9. The fourth-order valence-electron chi connectivity index (χ4n) is 2.62. The summed E-state index contributed by atoms with van der Waals surface area (Å²) in [5, 5.41) is 3.38. The minimum Gasteiger partial charge on any atom is -0.294 e. The summed E-state index contributed by atoms with van der Waals surface area (Å²) >= 11 is 0. The second-order valence-electron chi connectivity index (χ2n) is 4.84. The summed E-state index contributed by atoms with van der Waals surface area (Å²) in [5.74, 6) is 0.153. The van der Waals surface area contributed by atoms with Crippen LogP contribution in [0.3, 0.4) is 0 Å². The fourth-order valence-corrected chi connectivity index (χ4v) is 2.62. The monoisotopic (exact) mass is 325 g/mol. The van der Waals surface area contributed by atoms with E-state index in [9.17, 15) is 4.79 Å². The molecule has 0 N–H and O–H groups in total. The number of Topliss-reactive ketones (excluding diaryl/α,β-unsaturated/α-hetero) is 1. The van der Waals surface area contributed by atoms with Gasteiger partial charge in [-0.2, -0.15) is 0 Å². The van der Waals surface area contributed by atoms with Crippen LogP contribution >= 0.6 is 17.0 Å². The molecule has 1 aromatic heterocycles. The maximum Gasteiger partial charge on any atom is 0.168 e. The minimum absolute atomic E-state index is 0. The van der Waals surface area contributed by atoms with Crippen molar-refractivity contribution >= 4 is 50.5 Å². The van der Waals surface area contributed by atoms with Gasteiger partial charge >= 0.3 is 0 Å². The second kappa shape index (κ2) is 4.84. The zero-order chi connectivity index (χ0) is 12.8. The second-order valence-corrected chi connectivity index (χ2v) is 4.84. The third kappa shape index (κ3) is 1.95. The number of nitrogens with zero attached hydrogens (tertiary/aromatic N) is 1. The number of aromatic nitrogens is 1. The Morgan fingerprint density at radius 3 is 2.50 bits per heavy atom. The molecule has 0 bridgehead atoms. The number of hydrogen-bond donors (Lipinski definition) is 0. The fraction of sp³-hybridized carbons (Fsp3) is 0.0588. The number of ketones is 1. The number of allylic oxidation sites excluding steroid dienone is 1. The molecule has 98 valence electrons. The van der Waals surface area contributed by atoms with Gasteiger partial charge in [-0.1, -0.05) is 30.3 Å². The van der Waals surface area contributed by atoms with E-state index in [4.69, 9.17) is 0 Å². The molecule has 1 heterocycles. The largest absolute Gasteiger partial charge is 0.294 e. The number of carbonyl (C=O) groups is 1. The van der Waals surface area contributed by atoms with Crippen molar-refractivity contribution in [1.82, 2.24) is 4.98 Å². The first-order valence-electron chi connectivity index (χ1n) is 6.34. The third-order valence-electron chi connectivity index (χ3n) is 3.59. The minimum atomic E-state index is 0. The first-order chi connectivity index (χ1) is 9.31. The lowest BCUT2D eigenvalue weighted by Gasteiger charge is -2.10. The zero-order valence-corrected chi connectivity index (χ0v) is 12.4. The van der Waals surface area contributed by atoms with Gasteiger partial charge in [-0.3, -0.25) is 4.79 Å². The molecule has 0 aliphatic heterocycles. The van der Waals surface area contributed by atoms with Crippen LogP contribution in [0.2, 0.25) is 0 Å². The van der Waals surface area contributed by atoms with E-state index in [1.54, 1.807) is 0 Å². The van der Waals surface area contributed by atoms with Crippen LogP contribution < -0.4 is 0 Å². The molecule has 3 aromatic rings. The van der Waals surface area contributed by atoms with Gasteiger partial charge in [0.15, 0.2) is 5.78 Å². The Bertz CT molecular complexity index is 867. The molecule has 0 fully saturated rings. The molecule has 0 atom stereocenters. The molecule has 3 heteroatoms. The van der Waals surface area contributed by atoms with Crippen LogP contribution in [0, 0.1) is 0 Å². The highest BCUT2D eigenvalue weighted by Gasteiger charge is 2.15. The van der Waals surface area contributed by atoms with Crippen LogP contribution in [0.4, 0.5) is 0 Å². The maximum absolute atomic E-state index is 11.9. The average molecular weight is 326 g/mol. The molecule has 0 spiro atoms. The van der Waals surface area contributed by atoms with Gasteiger partial charge in [0.1, 0.15) is 0 Å². The van der Waals surface area contributed by atoms with Crippen LogP contribution in [0.15, 0.2) is 48.5 Å². The Balaban J connectivity index is 0.00000121. The Morgan fingerprint density at radius 1 is 0.950 bits per heavy atom. The van der Waals surface area contributed by atoms with Crippen LogP contribution in [-0.2, 0) is 0 Å². The number of fused-ring (bicyclic) bond motifs is 3. The van der Waals surface area contributed by atoms with Gasteiger partial charge in [0.2, 0.25) is 0 Å². The van der Waals surface area contributed by atoms with E-state index in [-0.39, 0.29) is 22.8 Å². The predicted molar refractivity (Wildman–Crippen MR) is 87.6 cm³/mol. The van der Waals surface area contributed by atoms with Crippen LogP contribution in [0.25, 0.3) is 27.8 Å². The number of hydrogen-bond acceptors (Lipinski definition) is 2. The Kier molecular flexibility index (Phi) is 3.14. The molecule has 0 saturated carbocycles. The number of carbonyl (C=O) groups excluding carboxylic acids is 1. The normalized spacial score (nSPS) is 13.3. The number of benzene rings is 2. The van der Waals surface area contributed by atoms with E-state index in [1.807, 2.05) is 30.4 Å². The lowest BCUT2D eigenvalue weighted by atomic mass is 9.97. The van der Waals surface area contributed by atoms with Gasteiger partial charge < -0.3 is 0 Å². The van der Waals surface area contributed by atoms with Gasteiger partial charge in [-0.25, -0.2) is 4.98 Å². The van der Waals surface area contributed by atoms with E-state index in [1.165, 1.54) is 10.8 Å². The van der Waals surface area contributed by atoms with Crippen molar-refractivity contribution in [3.05, 3.63) is 59.8 Å². The van der Waals surface area contributed by atoms with E-state index in [0.717, 1.165) is 22.2 Å². The molecule has 0 saturated heterocycles. The van der Waals surface area contributed by atoms with Crippen molar-refractivity contribution < 1.29 is 4.79 Å². The first-order valence-corrected chi connectivity index (χ1v) is 6.34. The van der Waals surface area contributed by atoms with Gasteiger partial charge in [0.25, 0.3) is 0 Å². The van der Waals surface area contributed by atoms with Gasteiger partial charge in [0, 0.05) is 17.4 Å². The number of pyridine rings is 1.